The van der Waals surface area contributed by atoms with Gasteiger partial charge in [0.2, 0.25) is 0 Å². The Morgan fingerprint density at radius 3 is 1.61 bits per heavy atom. The van der Waals surface area contributed by atoms with Gasteiger partial charge in [-0.2, -0.15) is 0 Å². The van der Waals surface area contributed by atoms with Crippen LogP contribution in [0.4, 0.5) is 0 Å². The van der Waals surface area contributed by atoms with E-state index >= 15 is 0 Å². The molecule has 0 fully saturated rings. The average Bonchev–Trinajstić information content (AvgIpc) is 3.72. The molecule has 262 valence electrons. The van der Waals surface area contributed by atoms with E-state index in [4.69, 9.17) is 0 Å². The number of hydrogen-bond acceptors (Lipinski definition) is 1. The summed E-state index contributed by atoms with van der Waals surface area (Å²) in [5.41, 5.74) is 13.1. The predicted octanol–water partition coefficient (Wildman–Crippen LogP) is 16.0. The Bertz CT molecular complexity index is 3390. The molecular formula is C55H36S. The van der Waals surface area contributed by atoms with Gasteiger partial charge in [-0.15, -0.1) is 11.3 Å². The van der Waals surface area contributed by atoms with E-state index in [-0.39, 0.29) is 5.41 Å². The highest BCUT2D eigenvalue weighted by Gasteiger charge is 2.37. The van der Waals surface area contributed by atoms with Crippen LogP contribution >= 0.6 is 11.3 Å². The third-order valence-corrected chi connectivity index (χ3v) is 13.7. The van der Waals surface area contributed by atoms with E-state index in [9.17, 15) is 0 Å². The van der Waals surface area contributed by atoms with Gasteiger partial charge in [0.25, 0.3) is 0 Å². The molecular weight excluding hydrogens is 693 g/mol. The molecule has 11 aromatic rings. The van der Waals surface area contributed by atoms with Gasteiger partial charge in [-0.25, -0.2) is 0 Å². The van der Waals surface area contributed by atoms with Gasteiger partial charge < -0.3 is 0 Å². The minimum absolute atomic E-state index is 0.0489. The normalized spacial score (nSPS) is 13.3. The quantitative estimate of drug-likeness (QED) is 0.159. The zero-order valence-electron chi connectivity index (χ0n) is 31.2. The zero-order valence-corrected chi connectivity index (χ0v) is 32.0. The van der Waals surface area contributed by atoms with Gasteiger partial charge in [0, 0.05) is 25.6 Å². The van der Waals surface area contributed by atoms with Gasteiger partial charge in [0.15, 0.2) is 0 Å². The van der Waals surface area contributed by atoms with Crippen LogP contribution in [0, 0.1) is 0 Å². The van der Waals surface area contributed by atoms with E-state index in [1.807, 2.05) is 11.3 Å². The van der Waals surface area contributed by atoms with Crippen molar-refractivity contribution < 1.29 is 0 Å². The number of fused-ring (bicyclic) bond motifs is 11. The second-order valence-corrected chi connectivity index (χ2v) is 17.1. The molecule has 0 aliphatic heterocycles. The first-order valence-electron chi connectivity index (χ1n) is 19.6. The van der Waals surface area contributed by atoms with E-state index < -0.39 is 0 Å². The van der Waals surface area contributed by atoms with Gasteiger partial charge in [-0.3, -0.25) is 0 Å². The molecule has 0 amide bonds. The summed E-state index contributed by atoms with van der Waals surface area (Å²) >= 11 is 1.92. The molecule has 0 nitrogen and oxygen atoms in total. The maximum atomic E-state index is 2.50. The lowest BCUT2D eigenvalue weighted by Crippen LogP contribution is -2.14. The summed E-state index contributed by atoms with van der Waals surface area (Å²) in [4.78, 5) is 0. The molecule has 0 N–H and O–H groups in total. The minimum atomic E-state index is -0.0489. The van der Waals surface area contributed by atoms with Crippen LogP contribution in [0.3, 0.4) is 0 Å². The van der Waals surface area contributed by atoms with Gasteiger partial charge in [-0.1, -0.05) is 159 Å². The van der Waals surface area contributed by atoms with Crippen molar-refractivity contribution in [3.63, 3.8) is 0 Å². The SMILES string of the molecule is CC1(C)c2cc3sc4ccc(-c5cccc(-c6c7ccccc7c(-c7ccc8ccccc8c7)c7ccccc67)c5)cc4c3cc2-c2c1ccc1ccccc21. The molecule has 0 spiro atoms. The summed E-state index contributed by atoms with van der Waals surface area (Å²) in [7, 11) is 0. The summed E-state index contributed by atoms with van der Waals surface area (Å²) in [5, 5.41) is 12.9. The van der Waals surface area contributed by atoms with Crippen LogP contribution in [0.2, 0.25) is 0 Å². The topological polar surface area (TPSA) is 0 Å². The molecule has 1 aliphatic rings. The first-order chi connectivity index (χ1) is 27.5. The minimum Gasteiger partial charge on any atom is -0.135 e. The summed E-state index contributed by atoms with van der Waals surface area (Å²) in [6.45, 7) is 4.78. The van der Waals surface area contributed by atoms with Crippen molar-refractivity contribution in [2.24, 2.45) is 0 Å². The highest BCUT2D eigenvalue weighted by Crippen LogP contribution is 2.54. The lowest BCUT2D eigenvalue weighted by Gasteiger charge is -2.21. The molecule has 0 radical (unpaired) electrons. The fourth-order valence-electron chi connectivity index (χ4n) is 9.90. The Morgan fingerprint density at radius 2 is 0.875 bits per heavy atom. The van der Waals surface area contributed by atoms with Gasteiger partial charge in [-0.05, 0) is 135 Å². The van der Waals surface area contributed by atoms with Crippen LogP contribution < -0.4 is 0 Å². The fourth-order valence-corrected chi connectivity index (χ4v) is 11.0. The first kappa shape index (κ1) is 31.8. The molecule has 0 saturated carbocycles. The number of benzene rings is 10. The van der Waals surface area contributed by atoms with Crippen LogP contribution in [0.15, 0.2) is 182 Å². The van der Waals surface area contributed by atoms with Crippen molar-refractivity contribution >= 4 is 74.6 Å². The molecule has 0 bridgehead atoms. The monoisotopic (exact) mass is 728 g/mol. The predicted molar refractivity (Wildman–Crippen MR) is 243 cm³/mol. The summed E-state index contributed by atoms with van der Waals surface area (Å²) < 4.78 is 2.69. The van der Waals surface area contributed by atoms with E-state index in [0.717, 1.165) is 0 Å². The summed E-state index contributed by atoms with van der Waals surface area (Å²) in [6, 6.07) is 68.3. The van der Waals surface area contributed by atoms with Crippen LogP contribution in [0.1, 0.15) is 25.0 Å². The van der Waals surface area contributed by atoms with E-state index in [0.29, 0.717) is 0 Å². The lowest BCUT2D eigenvalue weighted by atomic mass is 9.82. The molecule has 12 rings (SSSR count). The average molecular weight is 729 g/mol. The standard InChI is InChI=1S/C55H36S/c1-55(2)48-26-24-34-13-5-6-17-40(34)54(48)47-31-46-45-30-37(25-27-50(45)56-51(46)32-49(47)55)36-15-11-16-38(29-36)52-41-18-7-9-20-43(41)53(44-21-10-8-19-42(44)52)39-23-22-33-12-3-4-14-35(33)28-39/h3-32H,1-2H3. The molecule has 10 aromatic carbocycles. The first-order valence-corrected chi connectivity index (χ1v) is 20.4. The van der Waals surface area contributed by atoms with Crippen molar-refractivity contribution in [1.82, 2.24) is 0 Å². The second kappa shape index (κ2) is 11.7. The van der Waals surface area contributed by atoms with E-state index in [1.165, 1.54) is 119 Å². The molecule has 0 atom stereocenters. The number of thiophene rings is 1. The second-order valence-electron chi connectivity index (χ2n) is 16.0. The maximum absolute atomic E-state index is 2.50. The molecule has 1 aromatic heterocycles. The Morgan fingerprint density at radius 1 is 0.321 bits per heavy atom. The van der Waals surface area contributed by atoms with Crippen LogP contribution in [-0.4, -0.2) is 0 Å². The van der Waals surface area contributed by atoms with Crippen molar-refractivity contribution in [3.05, 3.63) is 193 Å². The highest BCUT2D eigenvalue weighted by atomic mass is 32.1. The maximum Gasteiger partial charge on any atom is 0.0358 e. The molecule has 0 unspecified atom stereocenters. The third-order valence-electron chi connectivity index (χ3n) is 12.6. The highest BCUT2D eigenvalue weighted by molar-refractivity contribution is 7.25. The van der Waals surface area contributed by atoms with E-state index in [2.05, 4.69) is 196 Å². The Balaban J connectivity index is 1.03. The fraction of sp³-hybridized carbons (Fsp3) is 0.0545. The van der Waals surface area contributed by atoms with Crippen molar-refractivity contribution in [1.29, 1.82) is 0 Å². The number of hydrogen-bond donors (Lipinski definition) is 0. The summed E-state index contributed by atoms with van der Waals surface area (Å²) in [6.07, 6.45) is 0. The molecule has 0 saturated heterocycles. The Hall–Kier alpha value is -6.54. The Labute approximate surface area is 329 Å². The largest absolute Gasteiger partial charge is 0.135 e. The van der Waals surface area contributed by atoms with Crippen molar-refractivity contribution in [2.75, 3.05) is 0 Å². The van der Waals surface area contributed by atoms with Gasteiger partial charge in [0.05, 0.1) is 0 Å². The van der Waals surface area contributed by atoms with Crippen molar-refractivity contribution in [2.45, 2.75) is 19.3 Å². The van der Waals surface area contributed by atoms with Crippen LogP contribution in [0.25, 0.3) is 108 Å². The van der Waals surface area contributed by atoms with E-state index in [1.54, 1.807) is 0 Å². The molecule has 1 heterocycles. The van der Waals surface area contributed by atoms with Crippen LogP contribution in [0.5, 0.6) is 0 Å². The van der Waals surface area contributed by atoms with Crippen molar-refractivity contribution in [3.8, 4) is 44.5 Å². The molecule has 1 aliphatic carbocycles. The Kier molecular flexibility index (Phi) is 6.66. The molecule has 56 heavy (non-hydrogen) atoms. The molecule has 1 heteroatoms. The zero-order chi connectivity index (χ0) is 37.1. The smallest absolute Gasteiger partial charge is 0.0358 e. The summed E-state index contributed by atoms with van der Waals surface area (Å²) in [5.74, 6) is 0. The van der Waals surface area contributed by atoms with Crippen LogP contribution in [-0.2, 0) is 5.41 Å². The lowest BCUT2D eigenvalue weighted by molar-refractivity contribution is 0.662. The van der Waals surface area contributed by atoms with Gasteiger partial charge >= 0.3 is 0 Å². The third kappa shape index (κ3) is 4.53. The number of rotatable bonds is 3. The van der Waals surface area contributed by atoms with Gasteiger partial charge in [0.1, 0.15) is 0 Å².